The number of aliphatic hydroxyl groups excluding tert-OH is 2. The van der Waals surface area contributed by atoms with Crippen molar-refractivity contribution in [3.05, 3.63) is 0 Å². The molecule has 6 heteroatoms. The molecule has 0 aromatic rings. The highest BCUT2D eigenvalue weighted by Crippen LogP contribution is 2.22. The van der Waals surface area contributed by atoms with Crippen LogP contribution in [0.3, 0.4) is 0 Å². The van der Waals surface area contributed by atoms with Gasteiger partial charge in [0.25, 0.3) is 0 Å². The van der Waals surface area contributed by atoms with Gasteiger partial charge in [-0.05, 0) is 56.8 Å². The molecular formula is C25H52O6. The summed E-state index contributed by atoms with van der Waals surface area (Å²) in [6, 6.07) is 0. The summed E-state index contributed by atoms with van der Waals surface area (Å²) in [4.78, 5) is 20.4. The van der Waals surface area contributed by atoms with Crippen molar-refractivity contribution >= 4 is 5.97 Å². The topological polar surface area (TPSA) is 96.2 Å². The Morgan fingerprint density at radius 2 is 1.13 bits per heavy atom. The van der Waals surface area contributed by atoms with Gasteiger partial charge in [0.05, 0.1) is 25.4 Å². The summed E-state index contributed by atoms with van der Waals surface area (Å²) in [6.45, 7) is 15.4. The monoisotopic (exact) mass is 448 g/mol. The van der Waals surface area contributed by atoms with Crippen molar-refractivity contribution in [1.82, 2.24) is 0 Å². The molecule has 0 saturated heterocycles. The van der Waals surface area contributed by atoms with Crippen molar-refractivity contribution in [1.29, 1.82) is 0 Å². The molecule has 3 N–H and O–H groups in total. The Kier molecular flexibility index (Phi) is 20.9. The van der Waals surface area contributed by atoms with Crippen LogP contribution >= 0.6 is 0 Å². The molecule has 0 radical (unpaired) electrons. The minimum Gasteiger partial charge on any atom is -0.481 e. The number of aliphatic hydroxyl groups is 2. The second kappa shape index (κ2) is 20.0. The first-order chi connectivity index (χ1) is 14.3. The van der Waals surface area contributed by atoms with Crippen LogP contribution in [-0.4, -0.2) is 46.7 Å². The van der Waals surface area contributed by atoms with Crippen LogP contribution < -0.4 is 0 Å². The van der Waals surface area contributed by atoms with Gasteiger partial charge in [-0.1, -0.05) is 66.7 Å². The molecule has 0 spiro atoms. The Balaban J connectivity index is 0. The van der Waals surface area contributed by atoms with E-state index >= 15 is 0 Å². The lowest BCUT2D eigenvalue weighted by Crippen LogP contribution is -2.16. The maximum Gasteiger partial charge on any atom is 0.303 e. The third-order valence-electron chi connectivity index (χ3n) is 4.84. The fourth-order valence-electron chi connectivity index (χ4n) is 3.27. The van der Waals surface area contributed by atoms with Crippen molar-refractivity contribution in [3.63, 3.8) is 0 Å². The largest absolute Gasteiger partial charge is 0.481 e. The number of aliphatic carboxylic acids is 1. The summed E-state index contributed by atoms with van der Waals surface area (Å²) in [5.74, 6) is -0.0955. The van der Waals surface area contributed by atoms with Gasteiger partial charge in [0.15, 0.2) is 0 Å². The molecule has 0 saturated carbocycles. The van der Waals surface area contributed by atoms with Gasteiger partial charge in [-0.2, -0.15) is 0 Å². The number of hydrogen-bond donors (Lipinski definition) is 3. The number of hydrogen-bond acceptors (Lipinski definition) is 5. The van der Waals surface area contributed by atoms with Gasteiger partial charge in [0.2, 0.25) is 0 Å². The van der Waals surface area contributed by atoms with E-state index in [-0.39, 0.29) is 24.0 Å². The molecule has 0 aliphatic carbocycles. The summed E-state index contributed by atoms with van der Waals surface area (Å²) in [5, 5.41) is 26.7. The Bertz CT molecular complexity index is 385. The number of carbonyl (C=O) groups is 1. The van der Waals surface area contributed by atoms with Crippen LogP contribution in [-0.2, 0) is 14.6 Å². The number of carboxylic acids is 1. The first-order valence-corrected chi connectivity index (χ1v) is 12.2. The fraction of sp³-hybridized carbons (Fsp3) is 0.960. The highest BCUT2D eigenvalue weighted by atomic mass is 17.2. The number of carboxylic acid groups (broad SMARTS) is 1. The third kappa shape index (κ3) is 31.6. The standard InChI is InChI=1S/C13H26O2.C12H26O4/c1-13(2,3)11-9-7-5-4-6-8-10-12(14)15;1-9(5-11(3)13)7-15-16-8-10(2)6-12(4)14/h4-11H2,1-3H3,(H,14,15);9-14H,5-8H2,1-4H3. The number of rotatable bonds is 17. The van der Waals surface area contributed by atoms with E-state index in [0.29, 0.717) is 37.9 Å². The molecule has 4 unspecified atom stereocenters. The van der Waals surface area contributed by atoms with Gasteiger partial charge in [-0.25, -0.2) is 9.78 Å². The lowest BCUT2D eigenvalue weighted by atomic mass is 9.89. The molecule has 0 aromatic heterocycles. The SMILES string of the molecule is CC(C)(C)CCCCCCCCC(=O)O.CC(O)CC(C)COOCC(C)CC(C)O. The molecule has 0 amide bonds. The van der Waals surface area contributed by atoms with Crippen molar-refractivity contribution in [3.8, 4) is 0 Å². The minimum absolute atomic E-state index is 0.284. The number of unbranched alkanes of at least 4 members (excludes halogenated alkanes) is 5. The molecule has 4 atom stereocenters. The van der Waals surface area contributed by atoms with E-state index in [1.54, 1.807) is 13.8 Å². The summed E-state index contributed by atoms with van der Waals surface area (Å²) >= 11 is 0. The molecule has 0 aliphatic rings. The Labute approximate surface area is 191 Å². The predicted molar refractivity (Wildman–Crippen MR) is 127 cm³/mol. The van der Waals surface area contributed by atoms with Gasteiger partial charge in [-0.15, -0.1) is 0 Å². The van der Waals surface area contributed by atoms with E-state index in [1.165, 1.54) is 32.1 Å². The molecule has 0 aliphatic heterocycles. The van der Waals surface area contributed by atoms with Gasteiger partial charge in [-0.3, -0.25) is 4.79 Å². The molecule has 188 valence electrons. The Morgan fingerprint density at radius 3 is 1.48 bits per heavy atom. The normalized spacial score (nSPS) is 15.5. The van der Waals surface area contributed by atoms with E-state index in [4.69, 9.17) is 25.1 Å². The average molecular weight is 449 g/mol. The van der Waals surface area contributed by atoms with Crippen LogP contribution in [0.5, 0.6) is 0 Å². The summed E-state index contributed by atoms with van der Waals surface area (Å²) < 4.78 is 0. The predicted octanol–water partition coefficient (Wildman–Crippen LogP) is 5.99. The van der Waals surface area contributed by atoms with Crippen LogP contribution in [0.2, 0.25) is 0 Å². The molecule has 0 fully saturated rings. The molecule has 0 bridgehead atoms. The van der Waals surface area contributed by atoms with E-state index in [9.17, 15) is 4.79 Å². The molecule has 0 aromatic carbocycles. The van der Waals surface area contributed by atoms with Gasteiger partial charge < -0.3 is 15.3 Å². The van der Waals surface area contributed by atoms with Crippen LogP contribution in [0.1, 0.15) is 113 Å². The summed E-state index contributed by atoms with van der Waals surface area (Å²) in [7, 11) is 0. The second-order valence-corrected chi connectivity index (χ2v) is 10.5. The van der Waals surface area contributed by atoms with Crippen LogP contribution in [0.15, 0.2) is 0 Å². The smallest absolute Gasteiger partial charge is 0.303 e. The minimum atomic E-state index is -0.664. The highest BCUT2D eigenvalue weighted by molar-refractivity contribution is 5.66. The lowest BCUT2D eigenvalue weighted by Gasteiger charge is -2.17. The van der Waals surface area contributed by atoms with Gasteiger partial charge in [0.1, 0.15) is 0 Å². The Morgan fingerprint density at radius 1 is 0.742 bits per heavy atom. The van der Waals surface area contributed by atoms with Gasteiger partial charge in [0, 0.05) is 6.42 Å². The molecule has 31 heavy (non-hydrogen) atoms. The van der Waals surface area contributed by atoms with Crippen LogP contribution in [0.4, 0.5) is 0 Å². The maximum atomic E-state index is 10.2. The van der Waals surface area contributed by atoms with E-state index < -0.39 is 5.97 Å². The first-order valence-electron chi connectivity index (χ1n) is 12.2. The zero-order valence-electron chi connectivity index (χ0n) is 21.4. The zero-order chi connectivity index (χ0) is 24.3. The van der Waals surface area contributed by atoms with Gasteiger partial charge >= 0.3 is 5.97 Å². The lowest BCUT2D eigenvalue weighted by molar-refractivity contribution is -0.307. The van der Waals surface area contributed by atoms with Crippen molar-refractivity contribution < 1.29 is 29.9 Å². The fourth-order valence-corrected chi connectivity index (χ4v) is 3.27. The van der Waals surface area contributed by atoms with Crippen molar-refractivity contribution in [2.75, 3.05) is 13.2 Å². The molecular weight excluding hydrogens is 396 g/mol. The quantitative estimate of drug-likeness (QED) is 0.144. The first kappa shape index (κ1) is 32.5. The van der Waals surface area contributed by atoms with E-state index in [0.717, 1.165) is 12.8 Å². The van der Waals surface area contributed by atoms with Crippen LogP contribution in [0.25, 0.3) is 0 Å². The second-order valence-electron chi connectivity index (χ2n) is 10.5. The van der Waals surface area contributed by atoms with Crippen molar-refractivity contribution in [2.45, 2.75) is 125 Å². The highest BCUT2D eigenvalue weighted by Gasteiger charge is 2.10. The summed E-state index contributed by atoms with van der Waals surface area (Å²) in [6.07, 6.45) is 9.43. The maximum absolute atomic E-state index is 10.2. The van der Waals surface area contributed by atoms with E-state index in [1.807, 2.05) is 13.8 Å². The molecule has 0 heterocycles. The third-order valence-corrected chi connectivity index (χ3v) is 4.84. The zero-order valence-corrected chi connectivity index (χ0v) is 21.4. The average Bonchev–Trinajstić information content (AvgIpc) is 2.59. The van der Waals surface area contributed by atoms with Crippen LogP contribution in [0, 0.1) is 17.3 Å². The van der Waals surface area contributed by atoms with E-state index in [2.05, 4.69) is 20.8 Å². The molecule has 0 rings (SSSR count). The Hall–Kier alpha value is -0.690. The molecule has 6 nitrogen and oxygen atoms in total. The van der Waals surface area contributed by atoms with Crippen molar-refractivity contribution in [2.24, 2.45) is 17.3 Å². The summed E-state index contributed by atoms with van der Waals surface area (Å²) in [5.41, 5.74) is 0.462.